The molecule has 0 aromatic heterocycles. The smallest absolute Gasteiger partial charge is 0.335 e. The van der Waals surface area contributed by atoms with Crippen LogP contribution in [0.2, 0.25) is 0 Å². The molecule has 158 valence electrons. The Balaban J connectivity index is 2.21. The van der Waals surface area contributed by atoms with E-state index in [-0.39, 0.29) is 18.1 Å². The van der Waals surface area contributed by atoms with Crippen molar-refractivity contribution in [1.29, 1.82) is 0 Å². The van der Waals surface area contributed by atoms with E-state index in [1.54, 1.807) is 24.3 Å². The summed E-state index contributed by atoms with van der Waals surface area (Å²) < 4.78 is 34.4. The second kappa shape index (κ2) is 9.78. The van der Waals surface area contributed by atoms with Crippen LogP contribution in [-0.4, -0.2) is 24.7 Å². The van der Waals surface area contributed by atoms with E-state index in [0.717, 1.165) is 17.5 Å². The number of hydrogen-bond acceptors (Lipinski definition) is 4. The van der Waals surface area contributed by atoms with Crippen molar-refractivity contribution in [2.24, 2.45) is 5.92 Å². The topological polar surface area (TPSA) is 92.7 Å². The van der Waals surface area contributed by atoms with E-state index in [4.69, 9.17) is 9.84 Å². The molecule has 0 saturated carbocycles. The van der Waals surface area contributed by atoms with Crippen molar-refractivity contribution >= 4 is 21.7 Å². The third-order valence-corrected chi connectivity index (χ3v) is 6.78. The van der Waals surface area contributed by atoms with Gasteiger partial charge in [0.2, 0.25) is 10.0 Å². The van der Waals surface area contributed by atoms with Crippen LogP contribution in [0.15, 0.2) is 42.5 Å². The van der Waals surface area contributed by atoms with Crippen molar-refractivity contribution in [3.05, 3.63) is 59.2 Å². The number of sulfonamides is 1. The van der Waals surface area contributed by atoms with Crippen molar-refractivity contribution in [2.75, 3.05) is 4.72 Å². The van der Waals surface area contributed by atoms with E-state index in [9.17, 15) is 13.2 Å². The van der Waals surface area contributed by atoms with Crippen LogP contribution in [0.25, 0.3) is 0 Å². The minimum absolute atomic E-state index is 0.00461. The Morgan fingerprint density at radius 1 is 1.14 bits per heavy atom. The van der Waals surface area contributed by atoms with Gasteiger partial charge in [0.15, 0.2) is 0 Å². The fraction of sp³-hybridized carbons (Fsp3) is 0.409. The summed E-state index contributed by atoms with van der Waals surface area (Å²) in [4.78, 5) is 11.0. The summed E-state index contributed by atoms with van der Waals surface area (Å²) in [6.07, 6.45) is 1.37. The minimum Gasteiger partial charge on any atom is -0.487 e. The first-order valence-electron chi connectivity index (χ1n) is 9.71. The number of aromatic carboxylic acids is 1. The number of anilines is 1. The second-order valence-corrected chi connectivity index (χ2v) is 9.41. The average molecular weight is 420 g/mol. The van der Waals surface area contributed by atoms with Crippen LogP contribution in [-0.2, 0) is 16.6 Å². The van der Waals surface area contributed by atoms with Crippen LogP contribution in [0, 0.1) is 12.8 Å². The Kier molecular flexibility index (Phi) is 7.67. The van der Waals surface area contributed by atoms with E-state index in [2.05, 4.69) is 4.72 Å². The van der Waals surface area contributed by atoms with E-state index >= 15 is 0 Å². The van der Waals surface area contributed by atoms with Gasteiger partial charge in [-0.1, -0.05) is 45.4 Å². The molecule has 6 nitrogen and oxygen atoms in total. The largest absolute Gasteiger partial charge is 0.487 e. The van der Waals surface area contributed by atoms with Crippen LogP contribution >= 0.6 is 0 Å². The van der Waals surface area contributed by atoms with Crippen LogP contribution < -0.4 is 9.46 Å². The zero-order valence-corrected chi connectivity index (χ0v) is 18.1. The van der Waals surface area contributed by atoms with E-state index < -0.39 is 21.2 Å². The van der Waals surface area contributed by atoms with Gasteiger partial charge < -0.3 is 9.84 Å². The lowest BCUT2D eigenvalue weighted by Gasteiger charge is -2.22. The number of carbonyl (C=O) groups is 1. The first-order chi connectivity index (χ1) is 13.6. The van der Waals surface area contributed by atoms with Gasteiger partial charge in [0.1, 0.15) is 12.4 Å². The summed E-state index contributed by atoms with van der Waals surface area (Å²) in [5.74, 6) is -0.551. The maximum absolute atomic E-state index is 12.9. The van der Waals surface area contributed by atoms with E-state index in [1.165, 1.54) is 12.1 Å². The van der Waals surface area contributed by atoms with Gasteiger partial charge in [0.05, 0.1) is 16.5 Å². The maximum atomic E-state index is 12.9. The fourth-order valence-corrected chi connectivity index (χ4v) is 4.99. The molecule has 29 heavy (non-hydrogen) atoms. The lowest BCUT2D eigenvalue weighted by molar-refractivity contribution is 0.0697. The fourth-order valence-electron chi connectivity index (χ4n) is 3.10. The molecule has 0 aliphatic rings. The molecule has 0 saturated heterocycles. The molecule has 0 aliphatic carbocycles. The zero-order valence-electron chi connectivity index (χ0n) is 17.3. The van der Waals surface area contributed by atoms with Crippen molar-refractivity contribution in [1.82, 2.24) is 0 Å². The Hall–Kier alpha value is -2.54. The monoisotopic (exact) mass is 419 g/mol. The Morgan fingerprint density at radius 3 is 2.34 bits per heavy atom. The lowest BCUT2D eigenvalue weighted by Crippen LogP contribution is -2.32. The maximum Gasteiger partial charge on any atom is 0.335 e. The predicted molar refractivity (Wildman–Crippen MR) is 115 cm³/mol. The number of carboxylic acids is 1. The Morgan fingerprint density at radius 2 is 1.79 bits per heavy atom. The quantitative estimate of drug-likeness (QED) is 0.575. The molecule has 2 aromatic carbocycles. The number of rotatable bonds is 10. The molecule has 0 bridgehead atoms. The molecular formula is C22H29NO5S. The highest BCUT2D eigenvalue weighted by atomic mass is 32.2. The summed E-state index contributed by atoms with van der Waals surface area (Å²) in [6.45, 7) is 7.89. The summed E-state index contributed by atoms with van der Waals surface area (Å²) in [6, 6.07) is 11.7. The molecule has 0 aliphatic heterocycles. The van der Waals surface area contributed by atoms with Crippen molar-refractivity contribution in [3.63, 3.8) is 0 Å². The first kappa shape index (κ1) is 22.7. The van der Waals surface area contributed by atoms with Crippen LogP contribution in [0.1, 0.15) is 55.1 Å². The van der Waals surface area contributed by atoms with Crippen LogP contribution in [0.5, 0.6) is 5.75 Å². The number of benzene rings is 2. The predicted octanol–water partition coefficient (Wildman–Crippen LogP) is 4.84. The Labute approximate surface area is 173 Å². The molecule has 1 atom stereocenters. The molecule has 0 spiro atoms. The van der Waals surface area contributed by atoms with Crippen LogP contribution in [0.4, 0.5) is 5.69 Å². The lowest BCUT2D eigenvalue weighted by atomic mass is 10.1. The van der Waals surface area contributed by atoms with Gasteiger partial charge in [0.25, 0.3) is 0 Å². The summed E-state index contributed by atoms with van der Waals surface area (Å²) in [5, 5.41) is 8.50. The van der Waals surface area contributed by atoms with E-state index in [1.807, 2.05) is 33.8 Å². The summed E-state index contributed by atoms with van der Waals surface area (Å²) in [7, 11) is -3.57. The highest BCUT2D eigenvalue weighted by molar-refractivity contribution is 7.93. The first-order valence-corrected chi connectivity index (χ1v) is 11.3. The molecule has 1 unspecified atom stereocenters. The highest BCUT2D eigenvalue weighted by Gasteiger charge is 2.28. The van der Waals surface area contributed by atoms with Gasteiger partial charge in [-0.15, -0.1) is 0 Å². The molecule has 2 aromatic rings. The Bertz CT molecular complexity index is 936. The standard InChI is InChI=1S/C22H29NO5S/c1-5-6-21(15(2)3)29(26,27)23-19-12-7-16(4)13-20(19)28-14-17-8-10-18(11-9-17)22(24)25/h7-13,15,21,23H,5-6,14H2,1-4H3,(H,24,25). The molecule has 7 heteroatoms. The number of hydrogen-bond donors (Lipinski definition) is 2. The molecular weight excluding hydrogens is 390 g/mol. The zero-order chi connectivity index (χ0) is 21.6. The highest BCUT2D eigenvalue weighted by Crippen LogP contribution is 2.30. The second-order valence-electron chi connectivity index (χ2n) is 7.51. The van der Waals surface area contributed by atoms with Crippen molar-refractivity contribution in [2.45, 2.75) is 52.4 Å². The third-order valence-electron chi connectivity index (χ3n) is 4.70. The molecule has 2 rings (SSSR count). The third kappa shape index (κ3) is 6.22. The van der Waals surface area contributed by atoms with Gasteiger partial charge in [-0.2, -0.15) is 0 Å². The number of ether oxygens (including phenoxy) is 1. The van der Waals surface area contributed by atoms with E-state index in [0.29, 0.717) is 17.9 Å². The van der Waals surface area contributed by atoms with Crippen molar-refractivity contribution < 1.29 is 23.1 Å². The minimum atomic E-state index is -3.57. The average Bonchev–Trinajstić information content (AvgIpc) is 2.66. The SMILES string of the molecule is CCCC(C(C)C)S(=O)(=O)Nc1ccc(C)cc1OCc1ccc(C(=O)O)cc1. The van der Waals surface area contributed by atoms with Gasteiger partial charge in [-0.3, -0.25) is 4.72 Å². The van der Waals surface area contributed by atoms with Gasteiger partial charge in [-0.05, 0) is 54.7 Å². The number of carboxylic acid groups (broad SMARTS) is 1. The van der Waals surface area contributed by atoms with Gasteiger partial charge in [0, 0.05) is 0 Å². The van der Waals surface area contributed by atoms with Crippen LogP contribution in [0.3, 0.4) is 0 Å². The van der Waals surface area contributed by atoms with Gasteiger partial charge in [-0.25, -0.2) is 13.2 Å². The molecule has 2 N–H and O–H groups in total. The number of aryl methyl sites for hydroxylation is 1. The molecule has 0 fully saturated rings. The summed E-state index contributed by atoms with van der Waals surface area (Å²) >= 11 is 0. The summed E-state index contributed by atoms with van der Waals surface area (Å²) in [5.41, 5.74) is 2.34. The normalized spacial score (nSPS) is 12.6. The molecule has 0 heterocycles. The van der Waals surface area contributed by atoms with Crippen molar-refractivity contribution in [3.8, 4) is 5.75 Å². The number of nitrogens with one attached hydrogen (secondary N) is 1. The molecule has 0 radical (unpaired) electrons. The molecule has 0 amide bonds. The van der Waals surface area contributed by atoms with Gasteiger partial charge >= 0.3 is 5.97 Å².